The number of ether oxygens (including phenoxy) is 1. The van der Waals surface area contributed by atoms with Gasteiger partial charge in [0.2, 0.25) is 9.84 Å². The minimum atomic E-state index is -3.77. The van der Waals surface area contributed by atoms with Crippen LogP contribution in [0.25, 0.3) is 21.9 Å². The Balaban J connectivity index is 1.16. The number of amides is 1. The number of piperazine rings is 1. The van der Waals surface area contributed by atoms with Gasteiger partial charge in [0.15, 0.2) is 5.58 Å². The number of hydrogen-bond acceptors (Lipinski definition) is 7. The quantitative estimate of drug-likeness (QED) is 0.307. The summed E-state index contributed by atoms with van der Waals surface area (Å²) in [6, 6.07) is 27.4. The van der Waals surface area contributed by atoms with E-state index in [-0.39, 0.29) is 22.5 Å². The van der Waals surface area contributed by atoms with Crippen LogP contribution in [0.4, 0.5) is 10.8 Å². The van der Waals surface area contributed by atoms with Gasteiger partial charge in [0, 0.05) is 31.6 Å². The second kappa shape index (κ2) is 9.83. The predicted octanol–water partition coefficient (Wildman–Crippen LogP) is 5.27. The van der Waals surface area contributed by atoms with E-state index in [1.807, 2.05) is 65.6 Å². The van der Waals surface area contributed by atoms with E-state index >= 15 is 0 Å². The molecule has 6 rings (SSSR count). The number of hydrogen-bond donors (Lipinski definition) is 0. The Labute approximate surface area is 220 Å². The highest BCUT2D eigenvalue weighted by molar-refractivity contribution is 7.91. The van der Waals surface area contributed by atoms with Gasteiger partial charge >= 0.3 is 6.09 Å². The molecule has 0 unspecified atom stereocenters. The molecule has 0 N–H and O–H groups in total. The molecule has 1 aromatic heterocycles. The average Bonchev–Trinajstić information content (AvgIpc) is 3.40. The molecule has 5 aromatic rings. The highest BCUT2D eigenvalue weighted by Gasteiger charge is 2.26. The lowest BCUT2D eigenvalue weighted by Crippen LogP contribution is -2.49. The molecule has 0 atom stereocenters. The molecule has 4 aromatic carbocycles. The first kappa shape index (κ1) is 24.0. The van der Waals surface area contributed by atoms with Gasteiger partial charge in [-0.3, -0.25) is 0 Å². The number of carbonyl (C=O) groups excluding carboxylic acids is 1. The lowest BCUT2D eigenvalue weighted by atomic mass is 10.1. The number of carbonyl (C=O) groups is 1. The van der Waals surface area contributed by atoms with Gasteiger partial charge in [-0.05, 0) is 35.2 Å². The van der Waals surface area contributed by atoms with Crippen LogP contribution in [0.5, 0.6) is 0 Å². The molecule has 38 heavy (non-hydrogen) atoms. The molecule has 8 nitrogen and oxygen atoms in total. The summed E-state index contributed by atoms with van der Waals surface area (Å²) < 4.78 is 38.4. The molecule has 1 fully saturated rings. The molecule has 0 spiro atoms. The van der Waals surface area contributed by atoms with Crippen LogP contribution < -0.4 is 4.90 Å². The average molecular weight is 528 g/mol. The van der Waals surface area contributed by atoms with Crippen molar-refractivity contribution in [3.8, 4) is 0 Å². The molecule has 9 heteroatoms. The number of nitrogens with zero attached hydrogens (tertiary/aromatic N) is 3. The largest absolute Gasteiger partial charge is 0.445 e. The topological polar surface area (TPSA) is 93.0 Å². The van der Waals surface area contributed by atoms with Crippen LogP contribution in [0.2, 0.25) is 0 Å². The van der Waals surface area contributed by atoms with Crippen LogP contribution in [0.15, 0.2) is 105 Å². The monoisotopic (exact) mass is 527 g/mol. The van der Waals surface area contributed by atoms with Gasteiger partial charge in [0.05, 0.1) is 9.79 Å². The molecule has 0 aliphatic carbocycles. The van der Waals surface area contributed by atoms with Crippen molar-refractivity contribution < 1.29 is 22.4 Å². The first-order chi connectivity index (χ1) is 18.5. The summed E-state index contributed by atoms with van der Waals surface area (Å²) in [5.41, 5.74) is 1.90. The molecule has 1 aliphatic rings. The third-order valence-electron chi connectivity index (χ3n) is 6.71. The van der Waals surface area contributed by atoms with Crippen molar-refractivity contribution >= 4 is 43.8 Å². The third kappa shape index (κ3) is 4.56. The fraction of sp³-hybridized carbons (Fsp3) is 0.172. The lowest BCUT2D eigenvalue weighted by molar-refractivity contribution is 0.0938. The summed E-state index contributed by atoms with van der Waals surface area (Å²) in [5.74, 6) is 0. The van der Waals surface area contributed by atoms with Crippen molar-refractivity contribution in [3.05, 3.63) is 96.6 Å². The number of benzene rings is 4. The van der Waals surface area contributed by atoms with Crippen LogP contribution in [0.1, 0.15) is 5.56 Å². The molecule has 0 saturated carbocycles. The summed E-state index contributed by atoms with van der Waals surface area (Å²) in [5, 5.41) is 1.54. The number of fused-ring (bicyclic) bond motifs is 2. The van der Waals surface area contributed by atoms with Gasteiger partial charge in [-0.15, -0.1) is 0 Å². The van der Waals surface area contributed by atoms with Gasteiger partial charge in [-0.1, -0.05) is 66.7 Å². The molecule has 1 aliphatic heterocycles. The van der Waals surface area contributed by atoms with E-state index in [9.17, 15) is 13.2 Å². The van der Waals surface area contributed by atoms with Crippen LogP contribution >= 0.6 is 0 Å². The van der Waals surface area contributed by atoms with Crippen molar-refractivity contribution in [3.63, 3.8) is 0 Å². The van der Waals surface area contributed by atoms with E-state index < -0.39 is 9.84 Å². The SMILES string of the molecule is O=C(OCc1ccccc1)N1CCN(c2nc3cc(S(=O)(=O)c4cccc5ccccc45)ccc3o2)CC1. The zero-order valence-electron chi connectivity index (χ0n) is 20.5. The number of sulfone groups is 1. The number of anilines is 1. The summed E-state index contributed by atoms with van der Waals surface area (Å²) in [6.07, 6.45) is -0.352. The van der Waals surface area contributed by atoms with Gasteiger partial charge in [0.1, 0.15) is 12.1 Å². The first-order valence-electron chi connectivity index (χ1n) is 12.3. The predicted molar refractivity (Wildman–Crippen MR) is 144 cm³/mol. The minimum Gasteiger partial charge on any atom is -0.445 e. The Bertz CT molecular complexity index is 1720. The fourth-order valence-corrected chi connectivity index (χ4v) is 6.15. The summed E-state index contributed by atoms with van der Waals surface area (Å²) in [7, 11) is -3.77. The molecule has 2 heterocycles. The van der Waals surface area contributed by atoms with Gasteiger partial charge in [0.25, 0.3) is 6.01 Å². The van der Waals surface area contributed by atoms with Crippen molar-refractivity contribution in [1.82, 2.24) is 9.88 Å². The van der Waals surface area contributed by atoms with Gasteiger partial charge < -0.3 is 19.0 Å². The van der Waals surface area contributed by atoms with Crippen molar-refractivity contribution in [2.75, 3.05) is 31.1 Å². The summed E-state index contributed by atoms with van der Waals surface area (Å²) >= 11 is 0. The fourth-order valence-electron chi connectivity index (χ4n) is 4.65. The van der Waals surface area contributed by atoms with E-state index in [0.717, 1.165) is 10.9 Å². The van der Waals surface area contributed by atoms with Crippen LogP contribution in [0, 0.1) is 0 Å². The van der Waals surface area contributed by atoms with Crippen molar-refractivity contribution in [1.29, 1.82) is 0 Å². The molecule has 0 radical (unpaired) electrons. The maximum absolute atomic E-state index is 13.5. The number of oxazole rings is 1. The second-order valence-corrected chi connectivity index (χ2v) is 11.0. The molecule has 192 valence electrons. The maximum Gasteiger partial charge on any atom is 0.410 e. The van der Waals surface area contributed by atoms with Crippen LogP contribution in [0.3, 0.4) is 0 Å². The lowest BCUT2D eigenvalue weighted by Gasteiger charge is -2.33. The highest BCUT2D eigenvalue weighted by Crippen LogP contribution is 2.31. The molecular formula is C29H25N3O5S. The van der Waals surface area contributed by atoms with E-state index in [0.29, 0.717) is 48.7 Å². The number of aromatic nitrogens is 1. The van der Waals surface area contributed by atoms with E-state index in [2.05, 4.69) is 4.98 Å². The highest BCUT2D eigenvalue weighted by atomic mass is 32.2. The normalized spacial score (nSPS) is 14.2. The number of rotatable bonds is 5. The standard InChI is InChI=1S/C29H25N3O5S/c33-29(36-20-21-7-2-1-3-8-21)32-17-15-31(16-18-32)28-30-25-19-23(13-14-26(25)37-28)38(34,35)27-12-6-10-22-9-4-5-11-24(22)27/h1-14,19H,15-18,20H2. The van der Waals surface area contributed by atoms with E-state index in [1.54, 1.807) is 35.2 Å². The first-order valence-corrected chi connectivity index (χ1v) is 13.8. The smallest absolute Gasteiger partial charge is 0.410 e. The van der Waals surface area contributed by atoms with E-state index in [1.165, 1.54) is 0 Å². The second-order valence-electron chi connectivity index (χ2n) is 9.12. The van der Waals surface area contributed by atoms with Crippen molar-refractivity contribution in [2.45, 2.75) is 16.4 Å². The van der Waals surface area contributed by atoms with Gasteiger partial charge in [-0.2, -0.15) is 4.98 Å². The minimum absolute atomic E-state index is 0.159. The van der Waals surface area contributed by atoms with Gasteiger partial charge in [-0.25, -0.2) is 13.2 Å². The summed E-state index contributed by atoms with van der Waals surface area (Å²) in [6.45, 7) is 2.21. The zero-order valence-corrected chi connectivity index (χ0v) is 21.3. The third-order valence-corrected chi connectivity index (χ3v) is 8.52. The Morgan fingerprint density at radius 3 is 2.42 bits per heavy atom. The Kier molecular flexibility index (Phi) is 6.21. The van der Waals surface area contributed by atoms with Crippen LogP contribution in [-0.4, -0.2) is 50.6 Å². The Morgan fingerprint density at radius 1 is 0.868 bits per heavy atom. The van der Waals surface area contributed by atoms with Crippen LogP contribution in [-0.2, 0) is 21.2 Å². The molecular weight excluding hydrogens is 502 g/mol. The maximum atomic E-state index is 13.5. The van der Waals surface area contributed by atoms with E-state index in [4.69, 9.17) is 9.15 Å². The molecule has 1 saturated heterocycles. The molecule has 1 amide bonds. The van der Waals surface area contributed by atoms with Crippen molar-refractivity contribution in [2.24, 2.45) is 0 Å². The molecule has 0 bridgehead atoms. The zero-order chi connectivity index (χ0) is 26.1. The Morgan fingerprint density at radius 2 is 1.61 bits per heavy atom. The summed E-state index contributed by atoms with van der Waals surface area (Å²) in [4.78, 5) is 21.1. The Hall–Kier alpha value is -4.37.